The first-order valence-corrected chi connectivity index (χ1v) is 10.8. The fraction of sp³-hybridized carbons (Fsp3) is 0.818. The average Bonchev–Trinajstić information content (AvgIpc) is 2.95. The summed E-state index contributed by atoms with van der Waals surface area (Å²) in [6.45, 7) is 4.02. The van der Waals surface area contributed by atoms with Crippen molar-refractivity contribution in [1.29, 1.82) is 0 Å². The van der Waals surface area contributed by atoms with Gasteiger partial charge in [0, 0.05) is 6.42 Å². The number of aliphatic hydroxyl groups excluding tert-OH is 1. The second kappa shape index (κ2) is 16.4. The second-order valence-corrected chi connectivity index (χ2v) is 7.83. The van der Waals surface area contributed by atoms with Crippen molar-refractivity contribution in [3.63, 3.8) is 0 Å². The molecule has 1 heterocycles. The van der Waals surface area contributed by atoms with Gasteiger partial charge >= 0.3 is 29.6 Å². The fourth-order valence-corrected chi connectivity index (χ4v) is 3.40. The van der Waals surface area contributed by atoms with Gasteiger partial charge in [-0.3, -0.25) is 9.59 Å². The van der Waals surface area contributed by atoms with Crippen LogP contribution in [0.2, 0.25) is 0 Å². The minimum atomic E-state index is -1.19. The topological polar surface area (TPSA) is 86.7 Å². The first-order valence-electron chi connectivity index (χ1n) is 10.8. The van der Waals surface area contributed by atoms with Gasteiger partial charge in [-0.1, -0.05) is 84.5 Å². The van der Waals surface area contributed by atoms with E-state index in [4.69, 9.17) is 5.11 Å². The number of carbonyl (C=O) groups is 2. The summed E-state index contributed by atoms with van der Waals surface area (Å²) < 4.78 is 4.68. The third-order valence-corrected chi connectivity index (χ3v) is 5.48. The van der Waals surface area contributed by atoms with Gasteiger partial charge in [0.2, 0.25) is 0 Å². The molecule has 0 aliphatic carbocycles. The van der Waals surface area contributed by atoms with Gasteiger partial charge in [0.1, 0.15) is 0 Å². The van der Waals surface area contributed by atoms with E-state index in [1.165, 1.54) is 57.8 Å². The second-order valence-electron chi connectivity index (χ2n) is 7.83. The van der Waals surface area contributed by atoms with Gasteiger partial charge in [-0.25, -0.2) is 0 Å². The first-order chi connectivity index (χ1) is 13.0. The van der Waals surface area contributed by atoms with Crippen LogP contribution in [0.1, 0.15) is 97.3 Å². The number of rotatable bonds is 16. The Balaban J connectivity index is 0.00000729. The molecule has 0 bridgehead atoms. The summed E-state index contributed by atoms with van der Waals surface area (Å²) >= 11 is 0. The minimum Gasteiger partial charge on any atom is -0.599 e. The summed E-state index contributed by atoms with van der Waals surface area (Å²) in [4.78, 5) is 23.8. The van der Waals surface area contributed by atoms with Crippen molar-refractivity contribution in [2.75, 3.05) is 6.61 Å². The molecular weight excluding hydrogens is 367 g/mol. The molecule has 0 aromatic rings. The van der Waals surface area contributed by atoms with Crippen molar-refractivity contribution in [2.24, 2.45) is 5.92 Å². The average molecular weight is 405 g/mol. The number of hydrogen-bond donors (Lipinski definition) is 1. The maximum Gasteiger partial charge on any atom is 1.00 e. The molecule has 0 saturated carbocycles. The summed E-state index contributed by atoms with van der Waals surface area (Å²) in [6.07, 6.45) is 13.4. The standard InChI is InChI=1S/C22H38O5.Na/c1-3-17(2)14-12-10-8-6-4-5-7-9-11-13-15-18(24)20-21(25)19(16-23)27-22(20)26;/h17,19,23,26H,3-16H2,1-2H3;/q;+1/p-1. The van der Waals surface area contributed by atoms with Crippen molar-refractivity contribution >= 4 is 11.6 Å². The largest absolute Gasteiger partial charge is 1.00 e. The molecule has 0 saturated heterocycles. The molecule has 2 unspecified atom stereocenters. The predicted octanol–water partition coefficient (Wildman–Crippen LogP) is 0.819. The zero-order chi connectivity index (χ0) is 20.1. The van der Waals surface area contributed by atoms with E-state index in [1.54, 1.807) is 0 Å². The zero-order valence-electron chi connectivity index (χ0n) is 18.1. The van der Waals surface area contributed by atoms with Crippen LogP contribution in [-0.2, 0) is 14.3 Å². The summed E-state index contributed by atoms with van der Waals surface area (Å²) in [5.41, 5.74) is -0.387. The summed E-state index contributed by atoms with van der Waals surface area (Å²) in [5.74, 6) is -1.13. The van der Waals surface area contributed by atoms with Crippen molar-refractivity contribution < 1.29 is 54.1 Å². The third kappa shape index (κ3) is 10.4. The molecule has 0 amide bonds. The maximum atomic E-state index is 12.0. The van der Waals surface area contributed by atoms with E-state index in [1.807, 2.05) is 0 Å². The van der Waals surface area contributed by atoms with Crippen molar-refractivity contribution in [3.05, 3.63) is 11.5 Å². The van der Waals surface area contributed by atoms with E-state index in [0.717, 1.165) is 18.8 Å². The van der Waals surface area contributed by atoms with Crippen LogP contribution in [-0.4, -0.2) is 29.4 Å². The normalized spacial score (nSPS) is 17.4. The molecule has 5 nitrogen and oxygen atoms in total. The number of ketones is 2. The van der Waals surface area contributed by atoms with Gasteiger partial charge in [-0.05, 0) is 12.3 Å². The Hall–Kier alpha value is -0.360. The molecule has 0 aromatic heterocycles. The molecule has 2 atom stereocenters. The van der Waals surface area contributed by atoms with Gasteiger partial charge in [-0.15, -0.1) is 0 Å². The Labute approximate surface area is 192 Å². The Kier molecular flexibility index (Phi) is 16.2. The van der Waals surface area contributed by atoms with E-state index in [2.05, 4.69) is 18.6 Å². The molecule has 0 fully saturated rings. The van der Waals surface area contributed by atoms with Gasteiger partial charge in [0.15, 0.2) is 11.6 Å². The van der Waals surface area contributed by atoms with Crippen LogP contribution in [0.15, 0.2) is 11.5 Å². The Morgan fingerprint density at radius 1 is 1.04 bits per heavy atom. The van der Waals surface area contributed by atoms with Crippen LogP contribution in [0.5, 0.6) is 0 Å². The number of hydrogen-bond acceptors (Lipinski definition) is 5. The predicted molar refractivity (Wildman–Crippen MR) is 104 cm³/mol. The molecule has 1 aliphatic heterocycles. The molecule has 28 heavy (non-hydrogen) atoms. The molecule has 0 spiro atoms. The molecule has 156 valence electrons. The third-order valence-electron chi connectivity index (χ3n) is 5.48. The smallest absolute Gasteiger partial charge is 0.599 e. The number of aliphatic hydroxyl groups is 1. The van der Waals surface area contributed by atoms with Crippen molar-refractivity contribution in [1.82, 2.24) is 0 Å². The van der Waals surface area contributed by atoms with Gasteiger partial charge in [0.05, 0.1) is 24.2 Å². The van der Waals surface area contributed by atoms with E-state index < -0.39 is 30.2 Å². The maximum absolute atomic E-state index is 12.0. The summed E-state index contributed by atoms with van der Waals surface area (Å²) in [7, 11) is 0. The first kappa shape index (κ1) is 27.6. The van der Waals surface area contributed by atoms with E-state index in [9.17, 15) is 14.7 Å². The molecule has 0 aromatic carbocycles. The van der Waals surface area contributed by atoms with Crippen LogP contribution < -0.4 is 34.7 Å². The zero-order valence-corrected chi connectivity index (χ0v) is 20.1. The Morgan fingerprint density at radius 3 is 2.00 bits per heavy atom. The number of unbranched alkanes of at least 4 members (excludes halogenated alkanes) is 9. The number of ether oxygens (including phenoxy) is 1. The summed E-state index contributed by atoms with van der Waals surface area (Å²) in [6, 6.07) is 0. The Bertz CT molecular complexity index is 489. The van der Waals surface area contributed by atoms with Crippen LogP contribution >= 0.6 is 0 Å². The summed E-state index contributed by atoms with van der Waals surface area (Å²) in [5, 5.41) is 20.5. The van der Waals surface area contributed by atoms with E-state index in [-0.39, 0.29) is 41.6 Å². The molecular formula is C22H37NaO5. The van der Waals surface area contributed by atoms with Crippen LogP contribution in [0, 0.1) is 5.92 Å². The molecule has 6 heteroatoms. The molecule has 1 aliphatic rings. The molecule has 0 radical (unpaired) electrons. The van der Waals surface area contributed by atoms with E-state index >= 15 is 0 Å². The van der Waals surface area contributed by atoms with E-state index in [0.29, 0.717) is 6.42 Å². The van der Waals surface area contributed by atoms with Gasteiger partial charge < -0.3 is 14.9 Å². The van der Waals surface area contributed by atoms with Crippen LogP contribution in [0.3, 0.4) is 0 Å². The van der Waals surface area contributed by atoms with Crippen molar-refractivity contribution in [3.8, 4) is 0 Å². The van der Waals surface area contributed by atoms with Gasteiger partial charge in [0.25, 0.3) is 0 Å². The van der Waals surface area contributed by atoms with Crippen LogP contribution in [0.4, 0.5) is 0 Å². The minimum absolute atomic E-state index is 0. The monoisotopic (exact) mass is 404 g/mol. The van der Waals surface area contributed by atoms with Gasteiger partial charge in [-0.2, -0.15) is 0 Å². The number of Topliss-reactive ketones (excluding diaryl/α,β-unsaturated/α-hetero) is 2. The molecule has 1 N–H and O–H groups in total. The molecule has 1 rings (SSSR count). The fourth-order valence-electron chi connectivity index (χ4n) is 3.40. The quantitative estimate of drug-likeness (QED) is 0.234. The van der Waals surface area contributed by atoms with Crippen LogP contribution in [0.25, 0.3) is 0 Å². The number of carbonyl (C=O) groups excluding carboxylic acids is 2. The Morgan fingerprint density at radius 2 is 1.54 bits per heavy atom. The SMILES string of the molecule is CCC(C)CCCCCCCCCCCCC(=O)C1=C([O-])OC(CO)C1=O.[Na+]. The van der Waals surface area contributed by atoms with Crippen molar-refractivity contribution in [2.45, 2.75) is 103 Å².